The molecule has 1 saturated heterocycles. The molecule has 15 heteroatoms. The Hall–Kier alpha value is -3.57. The van der Waals surface area contributed by atoms with E-state index >= 15 is 0 Å². The number of hydrogen-bond donors (Lipinski definition) is 6. The van der Waals surface area contributed by atoms with Crippen molar-refractivity contribution in [2.24, 2.45) is 0 Å². The first-order chi connectivity index (χ1) is 16.9. The lowest BCUT2D eigenvalue weighted by Gasteiger charge is -2.38. The van der Waals surface area contributed by atoms with E-state index in [-0.39, 0.29) is 22.3 Å². The molecule has 2 aromatic carbocycles. The van der Waals surface area contributed by atoms with Crippen molar-refractivity contribution >= 4 is 27.3 Å². The van der Waals surface area contributed by atoms with Gasteiger partial charge in [-0.1, -0.05) is 12.1 Å². The van der Waals surface area contributed by atoms with Gasteiger partial charge >= 0.3 is 16.4 Å². The molecule has 6 N–H and O–H groups in total. The van der Waals surface area contributed by atoms with Gasteiger partial charge < -0.3 is 39.4 Å². The fourth-order valence-electron chi connectivity index (χ4n) is 3.53. The van der Waals surface area contributed by atoms with Gasteiger partial charge in [0.25, 0.3) is 0 Å². The topological polar surface area (TPSA) is 230 Å². The van der Waals surface area contributed by atoms with Crippen LogP contribution >= 0.6 is 0 Å². The van der Waals surface area contributed by atoms with Gasteiger partial charge in [0.2, 0.25) is 11.7 Å². The quantitative estimate of drug-likeness (QED) is 0.139. The van der Waals surface area contributed by atoms with E-state index < -0.39 is 64.0 Å². The van der Waals surface area contributed by atoms with Crippen molar-refractivity contribution in [2.75, 3.05) is 0 Å². The van der Waals surface area contributed by atoms with E-state index in [9.17, 15) is 43.5 Å². The largest absolute Gasteiger partial charge is 0.508 e. The number of carbonyl (C=O) groups excluding carboxylic acids is 1. The number of aromatic hydroxyl groups is 2. The van der Waals surface area contributed by atoms with Gasteiger partial charge in [0.05, 0.1) is 5.56 Å². The van der Waals surface area contributed by atoms with Crippen LogP contribution in [0.3, 0.4) is 0 Å². The molecule has 0 radical (unpaired) electrons. The number of esters is 1. The summed E-state index contributed by atoms with van der Waals surface area (Å²) in [6, 6.07) is 7.44. The molecule has 36 heavy (non-hydrogen) atoms. The smallest absolute Gasteiger partial charge is 0.399 e. The summed E-state index contributed by atoms with van der Waals surface area (Å²) < 4.78 is 50.3. The zero-order valence-corrected chi connectivity index (χ0v) is 18.6. The summed E-state index contributed by atoms with van der Waals surface area (Å²) >= 11 is 0. The van der Waals surface area contributed by atoms with Crippen LogP contribution < -0.4 is 10.2 Å². The standard InChI is InChI=1S/C21H18O14S/c22-9-3-1-8(2-4-9)11-7-32-12-5-10(23)6-13(14(12)15(11)24)33-20(28)19-17(26)16(25)18(27)21(34-19)35-36(29,30)31/h1-7,16-19,21-23,25-27H,(H,29,30,31)/t16-,17-,18+,19-,21?/m0/s1. The van der Waals surface area contributed by atoms with E-state index in [0.717, 1.165) is 18.4 Å². The summed E-state index contributed by atoms with van der Waals surface area (Å²) in [5, 5.41) is 49.1. The molecule has 0 spiro atoms. The van der Waals surface area contributed by atoms with Crippen LogP contribution in [0.15, 0.2) is 51.9 Å². The molecule has 0 aliphatic carbocycles. The molecule has 0 saturated carbocycles. The van der Waals surface area contributed by atoms with E-state index in [1.54, 1.807) is 0 Å². The number of ether oxygens (including phenoxy) is 2. The summed E-state index contributed by atoms with van der Waals surface area (Å²) in [7, 11) is -5.21. The number of aliphatic hydroxyl groups excluding tert-OH is 3. The summed E-state index contributed by atoms with van der Waals surface area (Å²) in [5.41, 5.74) is -0.571. The highest BCUT2D eigenvalue weighted by atomic mass is 32.3. The molecular formula is C21H18O14S. The molecule has 0 bridgehead atoms. The third kappa shape index (κ3) is 5.02. The third-order valence-electron chi connectivity index (χ3n) is 5.23. The highest BCUT2D eigenvalue weighted by molar-refractivity contribution is 7.80. The minimum absolute atomic E-state index is 0.000370. The fourth-order valence-corrected chi connectivity index (χ4v) is 3.93. The van der Waals surface area contributed by atoms with Crippen molar-refractivity contribution in [3.63, 3.8) is 0 Å². The Bertz CT molecular complexity index is 1460. The first kappa shape index (κ1) is 25.5. The van der Waals surface area contributed by atoms with Gasteiger partial charge in [-0.05, 0) is 17.7 Å². The Morgan fingerprint density at radius 2 is 1.61 bits per heavy atom. The zero-order chi connectivity index (χ0) is 26.4. The van der Waals surface area contributed by atoms with Crippen molar-refractivity contribution in [3.8, 4) is 28.4 Å². The predicted octanol–water partition coefficient (Wildman–Crippen LogP) is -0.596. The SMILES string of the molecule is O=C(Oc1cc(O)cc2occ(-c3ccc(O)cc3)c(=O)c12)[C@H]1OC(OS(=O)(=O)O)[C@H](O)[C@@H](O)[C@@H]1O. The van der Waals surface area contributed by atoms with Crippen LogP contribution in [0.1, 0.15) is 0 Å². The number of hydrogen-bond acceptors (Lipinski definition) is 13. The number of aliphatic hydroxyl groups is 3. The minimum Gasteiger partial charge on any atom is -0.508 e. The van der Waals surface area contributed by atoms with Gasteiger partial charge in [-0.25, -0.2) is 8.98 Å². The average Bonchev–Trinajstić information content (AvgIpc) is 2.79. The van der Waals surface area contributed by atoms with E-state index in [0.29, 0.717) is 5.56 Å². The number of carbonyl (C=O) groups is 1. The lowest BCUT2D eigenvalue weighted by atomic mass is 9.99. The minimum atomic E-state index is -5.21. The Morgan fingerprint density at radius 1 is 0.944 bits per heavy atom. The monoisotopic (exact) mass is 526 g/mol. The summed E-state index contributed by atoms with van der Waals surface area (Å²) in [6.07, 6.45) is -9.89. The van der Waals surface area contributed by atoms with Crippen LogP contribution in [0.5, 0.6) is 17.2 Å². The second-order valence-electron chi connectivity index (χ2n) is 7.68. The van der Waals surface area contributed by atoms with Crippen molar-refractivity contribution < 1.29 is 61.4 Å². The summed E-state index contributed by atoms with van der Waals surface area (Å²) in [5.74, 6) is -2.58. The van der Waals surface area contributed by atoms with E-state index in [1.807, 2.05) is 0 Å². The van der Waals surface area contributed by atoms with Gasteiger partial charge in [-0.2, -0.15) is 8.42 Å². The van der Waals surface area contributed by atoms with Gasteiger partial charge in [-0.3, -0.25) is 9.35 Å². The van der Waals surface area contributed by atoms with E-state index in [1.165, 1.54) is 24.3 Å². The molecule has 0 amide bonds. The molecule has 3 aromatic rings. The average molecular weight is 526 g/mol. The lowest BCUT2D eigenvalue weighted by Crippen LogP contribution is -2.61. The number of phenols is 2. The highest BCUT2D eigenvalue weighted by Gasteiger charge is 2.49. The molecule has 1 aromatic heterocycles. The predicted molar refractivity (Wildman–Crippen MR) is 116 cm³/mol. The van der Waals surface area contributed by atoms with Crippen LogP contribution in [0.4, 0.5) is 0 Å². The number of fused-ring (bicyclic) bond motifs is 1. The Morgan fingerprint density at radius 3 is 2.25 bits per heavy atom. The van der Waals surface area contributed by atoms with Crippen molar-refractivity contribution in [2.45, 2.75) is 30.7 Å². The number of rotatable bonds is 5. The Labute approximate surface area is 201 Å². The number of benzene rings is 2. The van der Waals surface area contributed by atoms with Crippen molar-refractivity contribution in [3.05, 3.63) is 52.9 Å². The first-order valence-electron chi connectivity index (χ1n) is 10.0. The second kappa shape index (κ2) is 9.47. The van der Waals surface area contributed by atoms with Crippen molar-refractivity contribution in [1.29, 1.82) is 0 Å². The highest BCUT2D eigenvalue weighted by Crippen LogP contribution is 2.32. The molecule has 192 valence electrons. The normalized spacial score (nSPS) is 24.5. The molecule has 2 heterocycles. The zero-order valence-electron chi connectivity index (χ0n) is 17.8. The maximum Gasteiger partial charge on any atom is 0.399 e. The Kier molecular flexibility index (Phi) is 6.72. The van der Waals surface area contributed by atoms with Crippen LogP contribution in [0, 0.1) is 0 Å². The molecule has 1 fully saturated rings. The third-order valence-corrected chi connectivity index (χ3v) is 5.67. The van der Waals surface area contributed by atoms with Crippen LogP contribution in [0.25, 0.3) is 22.1 Å². The van der Waals surface area contributed by atoms with Crippen LogP contribution in [-0.2, 0) is 24.1 Å². The molecule has 1 unspecified atom stereocenters. The Balaban J connectivity index is 1.72. The molecule has 1 aliphatic rings. The summed E-state index contributed by atoms with van der Waals surface area (Å²) in [4.78, 5) is 26.0. The van der Waals surface area contributed by atoms with Gasteiger partial charge in [0.15, 0.2) is 6.10 Å². The maximum absolute atomic E-state index is 13.2. The molecule has 5 atom stereocenters. The molecule has 1 aliphatic heterocycles. The number of phenolic OH excluding ortho intramolecular Hbond substituents is 2. The van der Waals surface area contributed by atoms with E-state index in [2.05, 4.69) is 4.18 Å². The second-order valence-corrected chi connectivity index (χ2v) is 8.73. The maximum atomic E-state index is 13.2. The van der Waals surface area contributed by atoms with Crippen LogP contribution in [-0.4, -0.2) is 75.2 Å². The van der Waals surface area contributed by atoms with Gasteiger partial charge in [-0.15, -0.1) is 0 Å². The van der Waals surface area contributed by atoms with Crippen LogP contribution in [0.2, 0.25) is 0 Å². The lowest BCUT2D eigenvalue weighted by molar-refractivity contribution is -0.270. The first-order valence-corrected chi connectivity index (χ1v) is 11.4. The van der Waals surface area contributed by atoms with Crippen molar-refractivity contribution in [1.82, 2.24) is 0 Å². The van der Waals surface area contributed by atoms with Gasteiger partial charge in [0.1, 0.15) is 52.8 Å². The summed E-state index contributed by atoms with van der Waals surface area (Å²) in [6.45, 7) is 0. The van der Waals surface area contributed by atoms with E-state index in [4.69, 9.17) is 18.4 Å². The molecule has 14 nitrogen and oxygen atoms in total. The molecule has 4 rings (SSSR count). The fraction of sp³-hybridized carbons (Fsp3) is 0.238. The molecular weight excluding hydrogens is 508 g/mol. The van der Waals surface area contributed by atoms with Gasteiger partial charge in [0, 0.05) is 12.1 Å².